The summed E-state index contributed by atoms with van der Waals surface area (Å²) < 4.78 is 51.3. The molecule has 0 aliphatic rings. The summed E-state index contributed by atoms with van der Waals surface area (Å²) in [7, 11) is -3.97. The first kappa shape index (κ1) is 19.4. The summed E-state index contributed by atoms with van der Waals surface area (Å²) in [6.45, 7) is 0.202. The van der Waals surface area contributed by atoms with E-state index < -0.39 is 15.7 Å². The molecule has 29 heavy (non-hydrogen) atoms. The molecule has 0 spiro atoms. The van der Waals surface area contributed by atoms with Crippen LogP contribution < -0.4 is 5.32 Å². The van der Waals surface area contributed by atoms with Crippen LogP contribution in [0.4, 0.5) is 10.3 Å². The lowest BCUT2D eigenvalue weighted by atomic mass is 10.2. The number of hydrogen-bond acceptors (Lipinski definition) is 6. The van der Waals surface area contributed by atoms with Gasteiger partial charge in [0.05, 0.1) is 17.7 Å². The van der Waals surface area contributed by atoms with E-state index in [1.807, 2.05) is 0 Å². The van der Waals surface area contributed by atoms with Crippen molar-refractivity contribution in [2.75, 3.05) is 5.32 Å². The van der Waals surface area contributed by atoms with Crippen molar-refractivity contribution >= 4 is 31.7 Å². The van der Waals surface area contributed by atoms with E-state index >= 15 is 0 Å². The highest BCUT2D eigenvalue weighted by molar-refractivity contribution is 9.10. The van der Waals surface area contributed by atoms with Crippen LogP contribution in [0.1, 0.15) is 5.76 Å². The SMILES string of the molecule is O=S(=O)(c1ccc(Br)cc1)c1nc(-c2ccc(F)cc2)oc1NCc1ccco1. The zero-order valence-electron chi connectivity index (χ0n) is 14.8. The molecule has 0 aliphatic carbocycles. The highest BCUT2D eigenvalue weighted by Gasteiger charge is 2.28. The molecule has 0 fully saturated rings. The molecule has 2 aromatic heterocycles. The molecule has 0 saturated carbocycles. The van der Waals surface area contributed by atoms with Crippen LogP contribution in [-0.4, -0.2) is 13.4 Å². The largest absolute Gasteiger partial charge is 0.467 e. The Morgan fingerprint density at radius 2 is 1.76 bits per heavy atom. The van der Waals surface area contributed by atoms with Gasteiger partial charge in [0.15, 0.2) is 0 Å². The smallest absolute Gasteiger partial charge is 0.234 e. The van der Waals surface area contributed by atoms with Crippen LogP contribution in [0.5, 0.6) is 0 Å². The van der Waals surface area contributed by atoms with Gasteiger partial charge < -0.3 is 14.2 Å². The summed E-state index contributed by atoms with van der Waals surface area (Å²) in [5, 5.41) is 2.66. The van der Waals surface area contributed by atoms with Gasteiger partial charge >= 0.3 is 0 Å². The van der Waals surface area contributed by atoms with Crippen LogP contribution in [0.2, 0.25) is 0 Å². The number of hydrogen-bond donors (Lipinski definition) is 1. The van der Waals surface area contributed by atoms with Crippen molar-refractivity contribution in [3.05, 3.63) is 83.0 Å². The Hall–Kier alpha value is -2.91. The Bertz CT molecular complexity index is 1220. The summed E-state index contributed by atoms with van der Waals surface area (Å²) in [6.07, 6.45) is 1.51. The Morgan fingerprint density at radius 3 is 2.41 bits per heavy atom. The first-order chi connectivity index (χ1) is 13.9. The maximum Gasteiger partial charge on any atom is 0.234 e. The molecule has 0 atom stereocenters. The number of rotatable bonds is 6. The van der Waals surface area contributed by atoms with Crippen molar-refractivity contribution in [3.63, 3.8) is 0 Å². The highest BCUT2D eigenvalue weighted by atomic mass is 79.9. The molecule has 6 nitrogen and oxygen atoms in total. The van der Waals surface area contributed by atoms with Gasteiger partial charge in [0.2, 0.25) is 26.6 Å². The molecule has 4 aromatic rings. The first-order valence-electron chi connectivity index (χ1n) is 8.47. The molecule has 0 bridgehead atoms. The number of sulfone groups is 1. The van der Waals surface area contributed by atoms with Crippen molar-refractivity contribution in [3.8, 4) is 11.5 Å². The first-order valence-corrected chi connectivity index (χ1v) is 10.7. The minimum Gasteiger partial charge on any atom is -0.467 e. The fourth-order valence-electron chi connectivity index (χ4n) is 2.62. The molecule has 0 aliphatic heterocycles. The third kappa shape index (κ3) is 4.10. The molecule has 0 unspecified atom stereocenters. The Balaban J connectivity index is 1.77. The van der Waals surface area contributed by atoms with Crippen molar-refractivity contribution in [1.29, 1.82) is 0 Å². The number of halogens is 2. The Kier molecular flexibility index (Phi) is 5.25. The summed E-state index contributed by atoms with van der Waals surface area (Å²) in [5.74, 6) is 0.210. The van der Waals surface area contributed by atoms with Crippen LogP contribution in [0.3, 0.4) is 0 Å². The molecular weight excluding hydrogens is 463 g/mol. The molecule has 0 saturated heterocycles. The predicted octanol–water partition coefficient (Wildman–Crippen LogP) is 5.28. The lowest BCUT2D eigenvalue weighted by Crippen LogP contribution is -2.07. The molecule has 9 heteroatoms. The molecule has 4 rings (SSSR count). The third-order valence-electron chi connectivity index (χ3n) is 4.07. The lowest BCUT2D eigenvalue weighted by molar-refractivity contribution is 0.511. The van der Waals surface area contributed by atoms with Crippen LogP contribution >= 0.6 is 15.9 Å². The fourth-order valence-corrected chi connectivity index (χ4v) is 4.16. The average Bonchev–Trinajstić information content (AvgIpc) is 3.37. The molecule has 0 amide bonds. The monoisotopic (exact) mass is 476 g/mol. The Morgan fingerprint density at radius 1 is 1.03 bits per heavy atom. The van der Waals surface area contributed by atoms with Gasteiger partial charge in [-0.05, 0) is 60.7 Å². The summed E-state index contributed by atoms with van der Waals surface area (Å²) in [4.78, 5) is 4.27. The zero-order valence-corrected chi connectivity index (χ0v) is 17.2. The summed E-state index contributed by atoms with van der Waals surface area (Å²) in [5.41, 5.74) is 0.449. The van der Waals surface area contributed by atoms with E-state index in [1.54, 1.807) is 24.3 Å². The van der Waals surface area contributed by atoms with Crippen LogP contribution in [0.25, 0.3) is 11.5 Å². The Labute approximate surface area is 174 Å². The van der Waals surface area contributed by atoms with Crippen LogP contribution in [-0.2, 0) is 16.4 Å². The number of aromatic nitrogens is 1. The van der Waals surface area contributed by atoms with Crippen molar-refractivity contribution in [1.82, 2.24) is 4.98 Å². The van der Waals surface area contributed by atoms with Crippen molar-refractivity contribution in [2.45, 2.75) is 16.5 Å². The lowest BCUT2D eigenvalue weighted by Gasteiger charge is -2.05. The number of furan rings is 1. The molecule has 2 aromatic carbocycles. The molecule has 2 heterocycles. The van der Waals surface area contributed by atoms with Gasteiger partial charge in [0.25, 0.3) is 0 Å². The van der Waals surface area contributed by atoms with Gasteiger partial charge in [0.1, 0.15) is 11.6 Å². The standard InChI is InChI=1S/C20H14BrFN2O4S/c21-14-5-9-17(10-6-14)29(25,26)20-19(23-12-16-2-1-11-27-16)28-18(24-20)13-3-7-15(22)8-4-13/h1-11,23H,12H2. The van der Waals surface area contributed by atoms with Crippen molar-refractivity contribution < 1.29 is 21.6 Å². The van der Waals surface area contributed by atoms with Crippen molar-refractivity contribution in [2.24, 2.45) is 0 Å². The molecule has 0 radical (unpaired) electrons. The quantitative estimate of drug-likeness (QED) is 0.407. The van der Waals surface area contributed by atoms with Gasteiger partial charge in [-0.2, -0.15) is 4.98 Å². The highest BCUT2D eigenvalue weighted by Crippen LogP contribution is 2.33. The average molecular weight is 477 g/mol. The second kappa shape index (κ2) is 7.84. The molecular formula is C20H14BrFN2O4S. The van der Waals surface area contributed by atoms with E-state index in [1.165, 1.54) is 42.7 Å². The summed E-state index contributed by atoms with van der Waals surface area (Å²) >= 11 is 3.29. The van der Waals surface area contributed by atoms with E-state index in [0.29, 0.717) is 11.3 Å². The minimum atomic E-state index is -3.97. The van der Waals surface area contributed by atoms with Gasteiger partial charge in [-0.25, -0.2) is 12.8 Å². The van der Waals surface area contributed by atoms with E-state index in [-0.39, 0.29) is 28.2 Å². The minimum absolute atomic E-state index is 0.0244. The van der Waals surface area contributed by atoms with Gasteiger partial charge in [0, 0.05) is 10.0 Å². The van der Waals surface area contributed by atoms with E-state index in [9.17, 15) is 12.8 Å². The second-order valence-electron chi connectivity index (χ2n) is 6.05. The van der Waals surface area contributed by atoms with Crippen LogP contribution in [0.15, 0.2) is 90.2 Å². The number of nitrogens with one attached hydrogen (secondary N) is 1. The molecule has 1 N–H and O–H groups in total. The predicted molar refractivity (Wildman–Crippen MR) is 108 cm³/mol. The maximum atomic E-state index is 13.2. The van der Waals surface area contributed by atoms with E-state index in [2.05, 4.69) is 26.2 Å². The topological polar surface area (TPSA) is 85.3 Å². The normalized spacial score (nSPS) is 11.5. The van der Waals surface area contributed by atoms with E-state index in [4.69, 9.17) is 8.83 Å². The van der Waals surface area contributed by atoms with E-state index in [0.717, 1.165) is 4.47 Å². The summed E-state index contributed by atoms with van der Waals surface area (Å²) in [6, 6.07) is 15.1. The third-order valence-corrected chi connectivity index (χ3v) is 6.28. The number of benzene rings is 2. The number of nitrogens with zero attached hydrogens (tertiary/aromatic N) is 1. The number of oxazole rings is 1. The fraction of sp³-hybridized carbons (Fsp3) is 0.0500. The van der Waals surface area contributed by atoms with Crippen LogP contribution in [0, 0.1) is 5.82 Å². The number of anilines is 1. The van der Waals surface area contributed by atoms with Gasteiger partial charge in [-0.15, -0.1) is 0 Å². The van der Waals surface area contributed by atoms with Gasteiger partial charge in [-0.1, -0.05) is 15.9 Å². The zero-order chi connectivity index (χ0) is 20.4. The maximum absolute atomic E-state index is 13.2. The van der Waals surface area contributed by atoms with Gasteiger partial charge in [-0.3, -0.25) is 0 Å². The second-order valence-corrected chi connectivity index (χ2v) is 8.83. The molecule has 148 valence electrons.